The molecule has 0 aliphatic carbocycles. The molecule has 0 fully saturated rings. The summed E-state index contributed by atoms with van der Waals surface area (Å²) in [5.41, 5.74) is 2.17. The highest BCUT2D eigenvalue weighted by Crippen LogP contribution is 2.16. The minimum absolute atomic E-state index is 0.268. The maximum atomic E-state index is 10.0. The van der Waals surface area contributed by atoms with Crippen molar-refractivity contribution < 1.29 is 5.11 Å². The van der Waals surface area contributed by atoms with Crippen LogP contribution in [0.15, 0.2) is 6.07 Å². The average molecular weight is 256 g/mol. The van der Waals surface area contributed by atoms with Crippen LogP contribution in [0.5, 0.6) is 0 Å². The van der Waals surface area contributed by atoms with Gasteiger partial charge in [0.15, 0.2) is 0 Å². The van der Waals surface area contributed by atoms with Crippen LogP contribution in [-0.4, -0.2) is 32.0 Å². The van der Waals surface area contributed by atoms with Gasteiger partial charge in [0.05, 0.1) is 11.8 Å². The Labute approximate surface area is 109 Å². The van der Waals surface area contributed by atoms with Crippen molar-refractivity contribution in [2.75, 3.05) is 5.75 Å². The largest absolute Gasteiger partial charge is 0.392 e. The van der Waals surface area contributed by atoms with Crippen molar-refractivity contribution in [3.8, 4) is 0 Å². The molecule has 0 saturated carbocycles. The van der Waals surface area contributed by atoms with Gasteiger partial charge >= 0.3 is 0 Å². The molecular formula is C13H24N2OS. The number of thioether (sulfide) groups is 1. The summed E-state index contributed by atoms with van der Waals surface area (Å²) in [5, 5.41) is 15.0. The van der Waals surface area contributed by atoms with Crippen molar-refractivity contribution in [3.05, 3.63) is 17.5 Å². The standard InChI is InChI=1S/C13H24N2OS/c1-5-11(4)17-9-13(16)8-12-7-10(3)14-15(12)6-2/h7,11,13,16H,5-6,8-9H2,1-4H3. The van der Waals surface area contributed by atoms with Crippen LogP contribution in [0.4, 0.5) is 0 Å². The summed E-state index contributed by atoms with van der Waals surface area (Å²) < 4.78 is 1.98. The van der Waals surface area contributed by atoms with Gasteiger partial charge in [0.1, 0.15) is 0 Å². The number of aryl methyl sites for hydroxylation is 2. The molecule has 3 nitrogen and oxygen atoms in total. The Morgan fingerprint density at radius 2 is 2.18 bits per heavy atom. The zero-order chi connectivity index (χ0) is 12.8. The second kappa shape index (κ2) is 7.07. The third-order valence-electron chi connectivity index (χ3n) is 2.88. The molecule has 1 aromatic rings. The molecule has 0 bridgehead atoms. The van der Waals surface area contributed by atoms with Crippen LogP contribution in [0.2, 0.25) is 0 Å². The Balaban J connectivity index is 2.46. The van der Waals surface area contributed by atoms with E-state index < -0.39 is 0 Å². The van der Waals surface area contributed by atoms with Crippen molar-refractivity contribution in [3.63, 3.8) is 0 Å². The number of hydrogen-bond acceptors (Lipinski definition) is 3. The predicted molar refractivity (Wildman–Crippen MR) is 74.6 cm³/mol. The van der Waals surface area contributed by atoms with Gasteiger partial charge in [-0.1, -0.05) is 13.8 Å². The molecule has 17 heavy (non-hydrogen) atoms. The van der Waals surface area contributed by atoms with Crippen LogP contribution in [-0.2, 0) is 13.0 Å². The first-order valence-corrected chi connectivity index (χ1v) is 7.44. The first kappa shape index (κ1) is 14.6. The molecule has 1 heterocycles. The van der Waals surface area contributed by atoms with Crippen LogP contribution < -0.4 is 0 Å². The predicted octanol–water partition coefficient (Wildman–Crippen LogP) is 2.65. The van der Waals surface area contributed by atoms with E-state index in [4.69, 9.17) is 0 Å². The topological polar surface area (TPSA) is 38.1 Å². The number of rotatable bonds is 7. The third kappa shape index (κ3) is 4.72. The van der Waals surface area contributed by atoms with Crippen molar-refractivity contribution in [1.82, 2.24) is 9.78 Å². The molecule has 1 aromatic heterocycles. The van der Waals surface area contributed by atoms with Crippen LogP contribution in [0.1, 0.15) is 38.6 Å². The molecule has 2 unspecified atom stereocenters. The highest BCUT2D eigenvalue weighted by atomic mass is 32.2. The smallest absolute Gasteiger partial charge is 0.0685 e. The lowest BCUT2D eigenvalue weighted by molar-refractivity contribution is 0.197. The summed E-state index contributed by atoms with van der Waals surface area (Å²) in [6.45, 7) is 9.33. The molecule has 0 saturated heterocycles. The third-order valence-corrected chi connectivity index (χ3v) is 4.36. The first-order valence-electron chi connectivity index (χ1n) is 6.39. The number of nitrogens with zero attached hydrogens (tertiary/aromatic N) is 2. The van der Waals surface area contributed by atoms with Crippen LogP contribution >= 0.6 is 11.8 Å². The molecule has 0 aromatic carbocycles. The second-order valence-electron chi connectivity index (χ2n) is 4.50. The fourth-order valence-corrected chi connectivity index (χ4v) is 2.63. The SMILES string of the molecule is CCC(C)SCC(O)Cc1cc(C)nn1CC. The fraction of sp³-hybridized carbons (Fsp3) is 0.769. The van der Waals surface area contributed by atoms with Crippen LogP contribution in [0.25, 0.3) is 0 Å². The Morgan fingerprint density at radius 3 is 2.76 bits per heavy atom. The molecule has 0 spiro atoms. The van der Waals surface area contributed by atoms with Gasteiger partial charge in [0.25, 0.3) is 0 Å². The van der Waals surface area contributed by atoms with E-state index in [1.165, 1.54) is 0 Å². The van der Waals surface area contributed by atoms with E-state index in [9.17, 15) is 5.11 Å². The molecule has 1 rings (SSSR count). The molecule has 1 N–H and O–H groups in total. The van der Waals surface area contributed by atoms with Crippen LogP contribution in [0.3, 0.4) is 0 Å². The normalized spacial score (nSPS) is 14.9. The zero-order valence-corrected chi connectivity index (χ0v) is 12.1. The minimum atomic E-state index is -0.268. The van der Waals surface area contributed by atoms with Crippen molar-refractivity contribution in [1.29, 1.82) is 0 Å². The van der Waals surface area contributed by atoms with E-state index in [0.717, 1.165) is 30.1 Å². The zero-order valence-electron chi connectivity index (χ0n) is 11.3. The number of aromatic nitrogens is 2. The number of aliphatic hydroxyl groups is 1. The van der Waals surface area contributed by atoms with Crippen LogP contribution in [0, 0.1) is 6.92 Å². The summed E-state index contributed by atoms with van der Waals surface area (Å²) in [6, 6.07) is 2.07. The van der Waals surface area contributed by atoms with Gasteiger partial charge in [-0.05, 0) is 26.3 Å². The Kier molecular flexibility index (Phi) is 6.06. The van der Waals surface area contributed by atoms with Crippen molar-refractivity contribution >= 4 is 11.8 Å². The molecule has 0 aliphatic heterocycles. The Hall–Kier alpha value is -0.480. The van der Waals surface area contributed by atoms with E-state index in [1.54, 1.807) is 0 Å². The summed E-state index contributed by atoms with van der Waals surface area (Å²) >= 11 is 1.84. The maximum absolute atomic E-state index is 10.0. The van der Waals surface area contributed by atoms with Gasteiger partial charge in [0.2, 0.25) is 0 Å². The molecule has 0 radical (unpaired) electrons. The highest BCUT2D eigenvalue weighted by molar-refractivity contribution is 7.99. The van der Waals surface area contributed by atoms with Gasteiger partial charge in [-0.2, -0.15) is 16.9 Å². The van der Waals surface area contributed by atoms with Crippen molar-refractivity contribution in [2.24, 2.45) is 0 Å². The summed E-state index contributed by atoms with van der Waals surface area (Å²) in [5.74, 6) is 0.808. The molecule has 2 atom stereocenters. The average Bonchev–Trinajstić information content (AvgIpc) is 2.66. The van der Waals surface area contributed by atoms with Gasteiger partial charge in [-0.3, -0.25) is 4.68 Å². The fourth-order valence-electron chi connectivity index (χ4n) is 1.73. The van der Waals surface area contributed by atoms with E-state index in [-0.39, 0.29) is 6.10 Å². The van der Waals surface area contributed by atoms with E-state index in [0.29, 0.717) is 11.7 Å². The monoisotopic (exact) mass is 256 g/mol. The van der Waals surface area contributed by atoms with Crippen molar-refractivity contribution in [2.45, 2.75) is 58.4 Å². The Morgan fingerprint density at radius 1 is 1.47 bits per heavy atom. The molecule has 0 aliphatic rings. The minimum Gasteiger partial charge on any atom is -0.392 e. The number of hydrogen-bond donors (Lipinski definition) is 1. The lowest BCUT2D eigenvalue weighted by Gasteiger charge is -2.14. The highest BCUT2D eigenvalue weighted by Gasteiger charge is 2.12. The number of aliphatic hydroxyl groups excluding tert-OH is 1. The van der Waals surface area contributed by atoms with Gasteiger partial charge in [-0.15, -0.1) is 0 Å². The summed E-state index contributed by atoms with van der Waals surface area (Å²) in [7, 11) is 0. The summed E-state index contributed by atoms with van der Waals surface area (Å²) in [6.07, 6.45) is 1.59. The Bertz CT molecular complexity index is 338. The lowest BCUT2D eigenvalue weighted by Crippen LogP contribution is -2.18. The van der Waals surface area contributed by atoms with Gasteiger partial charge in [0, 0.05) is 29.7 Å². The summed E-state index contributed by atoms with van der Waals surface area (Å²) in [4.78, 5) is 0. The maximum Gasteiger partial charge on any atom is 0.0685 e. The van der Waals surface area contributed by atoms with Gasteiger partial charge in [-0.25, -0.2) is 0 Å². The first-order chi connectivity index (χ1) is 8.06. The quantitative estimate of drug-likeness (QED) is 0.815. The lowest BCUT2D eigenvalue weighted by atomic mass is 10.2. The van der Waals surface area contributed by atoms with Gasteiger partial charge < -0.3 is 5.11 Å². The van der Waals surface area contributed by atoms with E-state index >= 15 is 0 Å². The van der Waals surface area contributed by atoms with E-state index in [1.807, 2.05) is 23.4 Å². The molecule has 0 amide bonds. The second-order valence-corrected chi connectivity index (χ2v) is 5.97. The van der Waals surface area contributed by atoms with E-state index in [2.05, 4.69) is 31.9 Å². The molecule has 4 heteroatoms. The molecule has 98 valence electrons. The molecular weight excluding hydrogens is 232 g/mol.